The minimum Gasteiger partial charge on any atom is -0.465 e. The molecule has 0 aromatic heterocycles. The number of carboxylic acid groups (broad SMARTS) is 1. The van der Waals surface area contributed by atoms with Crippen LogP contribution in [-0.2, 0) is 0 Å². The van der Waals surface area contributed by atoms with E-state index in [9.17, 15) is 4.79 Å². The van der Waals surface area contributed by atoms with Crippen molar-refractivity contribution in [1.82, 2.24) is 10.2 Å². The molecule has 0 spiro atoms. The maximum Gasteiger partial charge on any atom is 0.407 e. The predicted molar refractivity (Wildman–Crippen MR) is 48.7 cm³/mol. The molecular weight excluding hydrogens is 168 g/mol. The number of amides is 1. The van der Waals surface area contributed by atoms with Crippen LogP contribution in [0.2, 0.25) is 0 Å². The van der Waals surface area contributed by atoms with E-state index in [1.54, 1.807) is 4.90 Å². The van der Waals surface area contributed by atoms with Gasteiger partial charge < -0.3 is 15.3 Å². The third-order valence-corrected chi connectivity index (χ3v) is 2.90. The van der Waals surface area contributed by atoms with Crippen molar-refractivity contribution >= 4 is 6.09 Å². The van der Waals surface area contributed by atoms with Gasteiger partial charge in [0.2, 0.25) is 0 Å². The van der Waals surface area contributed by atoms with Gasteiger partial charge in [-0.3, -0.25) is 0 Å². The van der Waals surface area contributed by atoms with Crippen molar-refractivity contribution in [3.05, 3.63) is 0 Å². The van der Waals surface area contributed by atoms with Gasteiger partial charge >= 0.3 is 6.09 Å². The Kier molecular flexibility index (Phi) is 2.40. The van der Waals surface area contributed by atoms with E-state index < -0.39 is 6.09 Å². The Balaban J connectivity index is 1.90. The number of piperazine rings is 1. The normalized spacial score (nSPS) is 28.9. The van der Waals surface area contributed by atoms with E-state index in [4.69, 9.17) is 5.11 Å². The maximum absolute atomic E-state index is 10.9. The molecule has 2 fully saturated rings. The van der Waals surface area contributed by atoms with Crippen LogP contribution in [-0.4, -0.2) is 41.8 Å². The molecule has 1 saturated heterocycles. The van der Waals surface area contributed by atoms with Crippen molar-refractivity contribution in [2.75, 3.05) is 19.6 Å². The van der Waals surface area contributed by atoms with Crippen LogP contribution in [0, 0.1) is 5.92 Å². The summed E-state index contributed by atoms with van der Waals surface area (Å²) in [5.41, 5.74) is 0. The number of nitrogens with zero attached hydrogens (tertiary/aromatic N) is 1. The average molecular weight is 184 g/mol. The van der Waals surface area contributed by atoms with Gasteiger partial charge in [0.1, 0.15) is 0 Å². The fraction of sp³-hybridized carbons (Fsp3) is 0.889. The van der Waals surface area contributed by atoms with Gasteiger partial charge in [0.15, 0.2) is 0 Å². The zero-order valence-electron chi connectivity index (χ0n) is 7.70. The first-order valence-electron chi connectivity index (χ1n) is 4.97. The Labute approximate surface area is 77.9 Å². The molecule has 2 aliphatic rings. The highest BCUT2D eigenvalue weighted by Gasteiger charge is 2.32. The van der Waals surface area contributed by atoms with Gasteiger partial charge in [0.25, 0.3) is 0 Å². The highest BCUT2D eigenvalue weighted by molar-refractivity contribution is 5.65. The molecule has 1 atom stereocenters. The van der Waals surface area contributed by atoms with Crippen LogP contribution in [0.15, 0.2) is 0 Å². The molecule has 1 unspecified atom stereocenters. The fourth-order valence-electron chi connectivity index (χ4n) is 1.96. The van der Waals surface area contributed by atoms with Gasteiger partial charge in [-0.2, -0.15) is 0 Å². The van der Waals surface area contributed by atoms with E-state index in [1.807, 2.05) is 0 Å². The number of hydrogen-bond acceptors (Lipinski definition) is 2. The number of rotatable bonds is 2. The first-order valence-corrected chi connectivity index (χ1v) is 4.97. The smallest absolute Gasteiger partial charge is 0.407 e. The van der Waals surface area contributed by atoms with E-state index in [0.29, 0.717) is 6.54 Å². The first-order chi connectivity index (χ1) is 6.27. The third kappa shape index (κ3) is 2.12. The molecule has 74 valence electrons. The minimum atomic E-state index is -0.757. The number of carbonyl (C=O) groups is 1. The Bertz CT molecular complexity index is 204. The Morgan fingerprint density at radius 1 is 1.54 bits per heavy atom. The molecule has 13 heavy (non-hydrogen) atoms. The van der Waals surface area contributed by atoms with Gasteiger partial charge in [-0.05, 0) is 12.3 Å². The monoisotopic (exact) mass is 184 g/mol. The summed E-state index contributed by atoms with van der Waals surface area (Å²) in [6.07, 6.45) is 2.89. The van der Waals surface area contributed by atoms with Crippen LogP contribution in [0.4, 0.5) is 4.79 Å². The standard InChI is InChI=1S/C9H16N2O2/c12-9(13)11-4-3-10-6-8(11)5-7-1-2-7/h7-8,10H,1-6H2,(H,12,13). The molecule has 4 nitrogen and oxygen atoms in total. The first kappa shape index (κ1) is 8.81. The van der Waals surface area contributed by atoms with E-state index in [2.05, 4.69) is 5.32 Å². The zero-order chi connectivity index (χ0) is 9.26. The van der Waals surface area contributed by atoms with Gasteiger partial charge in [-0.25, -0.2) is 4.79 Å². The second-order valence-corrected chi connectivity index (χ2v) is 4.01. The summed E-state index contributed by atoms with van der Waals surface area (Å²) in [5.74, 6) is 0.798. The van der Waals surface area contributed by atoms with Crippen LogP contribution in [0.5, 0.6) is 0 Å². The molecule has 2 N–H and O–H groups in total. The second-order valence-electron chi connectivity index (χ2n) is 4.01. The fourth-order valence-corrected chi connectivity index (χ4v) is 1.96. The summed E-state index contributed by atoms with van der Waals surface area (Å²) in [6, 6.07) is 0.221. The molecule has 0 aromatic carbocycles. The summed E-state index contributed by atoms with van der Waals surface area (Å²) in [6.45, 7) is 2.28. The van der Waals surface area contributed by atoms with Crippen molar-refractivity contribution in [2.45, 2.75) is 25.3 Å². The lowest BCUT2D eigenvalue weighted by Gasteiger charge is -2.34. The SMILES string of the molecule is O=C(O)N1CCNCC1CC1CC1. The molecule has 2 rings (SSSR count). The topological polar surface area (TPSA) is 52.6 Å². The van der Waals surface area contributed by atoms with Crippen LogP contribution < -0.4 is 5.32 Å². The lowest BCUT2D eigenvalue weighted by atomic mass is 10.1. The van der Waals surface area contributed by atoms with E-state index in [-0.39, 0.29) is 6.04 Å². The van der Waals surface area contributed by atoms with Crippen molar-refractivity contribution < 1.29 is 9.90 Å². The van der Waals surface area contributed by atoms with E-state index >= 15 is 0 Å². The van der Waals surface area contributed by atoms with Crippen molar-refractivity contribution in [3.63, 3.8) is 0 Å². The van der Waals surface area contributed by atoms with Crippen LogP contribution in [0.1, 0.15) is 19.3 Å². The summed E-state index contributed by atoms with van der Waals surface area (Å²) >= 11 is 0. The molecular formula is C9H16N2O2. The maximum atomic E-state index is 10.9. The van der Waals surface area contributed by atoms with E-state index in [1.165, 1.54) is 12.8 Å². The predicted octanol–water partition coefficient (Wildman–Crippen LogP) is 0.738. The lowest BCUT2D eigenvalue weighted by molar-refractivity contribution is 0.107. The zero-order valence-corrected chi connectivity index (χ0v) is 7.70. The summed E-state index contributed by atoms with van der Waals surface area (Å²) < 4.78 is 0. The highest BCUT2D eigenvalue weighted by Crippen LogP contribution is 2.34. The van der Waals surface area contributed by atoms with Gasteiger partial charge in [0, 0.05) is 25.7 Å². The number of nitrogens with one attached hydrogen (secondary N) is 1. The summed E-state index contributed by atoms with van der Waals surface area (Å²) in [4.78, 5) is 12.5. The molecule has 1 amide bonds. The third-order valence-electron chi connectivity index (χ3n) is 2.90. The Hall–Kier alpha value is -0.770. The van der Waals surface area contributed by atoms with Crippen LogP contribution in [0.3, 0.4) is 0 Å². The molecule has 0 aromatic rings. The lowest BCUT2D eigenvalue weighted by Crippen LogP contribution is -2.53. The molecule has 1 aliphatic carbocycles. The average Bonchev–Trinajstić information content (AvgIpc) is 2.89. The highest BCUT2D eigenvalue weighted by atomic mass is 16.4. The van der Waals surface area contributed by atoms with Gasteiger partial charge in [0.05, 0.1) is 0 Å². The van der Waals surface area contributed by atoms with Crippen LogP contribution in [0.25, 0.3) is 0 Å². The van der Waals surface area contributed by atoms with Crippen molar-refractivity contribution in [2.24, 2.45) is 5.92 Å². The molecule has 0 radical (unpaired) electrons. The largest absolute Gasteiger partial charge is 0.465 e. The molecule has 0 bridgehead atoms. The molecule has 4 heteroatoms. The minimum absolute atomic E-state index is 0.221. The molecule has 1 saturated carbocycles. The molecule has 1 aliphatic heterocycles. The summed E-state index contributed by atoms with van der Waals surface area (Å²) in [7, 11) is 0. The van der Waals surface area contributed by atoms with Gasteiger partial charge in [-0.1, -0.05) is 12.8 Å². The Morgan fingerprint density at radius 3 is 2.92 bits per heavy atom. The van der Waals surface area contributed by atoms with Crippen LogP contribution >= 0.6 is 0 Å². The quantitative estimate of drug-likeness (QED) is 0.665. The van der Waals surface area contributed by atoms with Crippen molar-refractivity contribution in [1.29, 1.82) is 0 Å². The molecule has 1 heterocycles. The summed E-state index contributed by atoms with van der Waals surface area (Å²) in [5, 5.41) is 12.2. The second kappa shape index (κ2) is 3.54. The number of hydrogen-bond donors (Lipinski definition) is 2. The van der Waals surface area contributed by atoms with E-state index in [0.717, 1.165) is 25.4 Å². The van der Waals surface area contributed by atoms with Crippen molar-refractivity contribution in [3.8, 4) is 0 Å². The van der Waals surface area contributed by atoms with Gasteiger partial charge in [-0.15, -0.1) is 0 Å². The Morgan fingerprint density at radius 2 is 2.31 bits per heavy atom.